The molecule has 0 aromatic heterocycles. The molecule has 2 rings (SSSR count). The Morgan fingerprint density at radius 2 is 1.75 bits per heavy atom. The van der Waals surface area contributed by atoms with Crippen molar-refractivity contribution in [2.24, 2.45) is 0 Å². The lowest BCUT2D eigenvalue weighted by atomic mass is 10.1. The van der Waals surface area contributed by atoms with Crippen molar-refractivity contribution in [3.8, 4) is 0 Å². The van der Waals surface area contributed by atoms with Crippen LogP contribution < -0.4 is 5.32 Å². The van der Waals surface area contributed by atoms with Crippen LogP contribution in [0.2, 0.25) is 0 Å². The number of benzene rings is 2. The first-order chi connectivity index (χ1) is 13.2. The van der Waals surface area contributed by atoms with Crippen LogP contribution in [0.3, 0.4) is 0 Å². The molecule has 0 saturated carbocycles. The summed E-state index contributed by atoms with van der Waals surface area (Å²) in [7, 11) is 1.10. The highest BCUT2D eigenvalue weighted by Crippen LogP contribution is 2.23. The van der Waals surface area contributed by atoms with E-state index in [2.05, 4.69) is 26.0 Å². The number of methoxy groups -OCH3 is 1. The third kappa shape index (κ3) is 5.36. The highest BCUT2D eigenvalue weighted by molar-refractivity contribution is 9.10. The standard InChI is InChI=1S/C18H15BrN2O7/c1-10-3-4-15(14(19)5-10)20-16(22)9-28-18(24)12-6-11(17(23)27-2)7-13(8-12)21(25)26/h3-8H,9H2,1-2H3,(H,20,22). The van der Waals surface area contributed by atoms with E-state index >= 15 is 0 Å². The van der Waals surface area contributed by atoms with Crippen LogP contribution in [0.5, 0.6) is 0 Å². The van der Waals surface area contributed by atoms with Crippen LogP contribution in [0.15, 0.2) is 40.9 Å². The van der Waals surface area contributed by atoms with Gasteiger partial charge in [-0.2, -0.15) is 0 Å². The first-order valence-corrected chi connectivity index (χ1v) is 8.61. The number of hydrogen-bond donors (Lipinski definition) is 1. The monoisotopic (exact) mass is 450 g/mol. The number of carbonyl (C=O) groups excluding carboxylic acids is 3. The number of carbonyl (C=O) groups is 3. The third-order valence-electron chi connectivity index (χ3n) is 3.52. The highest BCUT2D eigenvalue weighted by atomic mass is 79.9. The van der Waals surface area contributed by atoms with Crippen LogP contribution in [-0.2, 0) is 14.3 Å². The Morgan fingerprint density at radius 1 is 1.11 bits per heavy atom. The quantitative estimate of drug-likeness (QED) is 0.406. The maximum atomic E-state index is 12.2. The summed E-state index contributed by atoms with van der Waals surface area (Å²) in [6.07, 6.45) is 0. The van der Waals surface area contributed by atoms with Gasteiger partial charge in [0.1, 0.15) is 0 Å². The maximum absolute atomic E-state index is 12.2. The van der Waals surface area contributed by atoms with E-state index in [0.29, 0.717) is 10.2 Å². The number of aryl methyl sites for hydroxylation is 1. The van der Waals surface area contributed by atoms with E-state index in [-0.39, 0.29) is 11.1 Å². The van der Waals surface area contributed by atoms with E-state index in [1.54, 1.807) is 18.2 Å². The molecule has 0 bridgehead atoms. The minimum absolute atomic E-state index is 0.184. The van der Waals surface area contributed by atoms with E-state index in [1.807, 2.05) is 6.92 Å². The average Bonchev–Trinajstić information content (AvgIpc) is 2.67. The molecular formula is C18H15BrN2O7. The van der Waals surface area contributed by atoms with E-state index in [9.17, 15) is 24.5 Å². The molecule has 0 heterocycles. The van der Waals surface area contributed by atoms with Crippen molar-refractivity contribution in [2.75, 3.05) is 19.0 Å². The number of rotatable bonds is 6. The van der Waals surface area contributed by atoms with Crippen molar-refractivity contribution in [1.29, 1.82) is 0 Å². The Kier molecular flexibility index (Phi) is 6.83. The summed E-state index contributed by atoms with van der Waals surface area (Å²) < 4.78 is 10.1. The summed E-state index contributed by atoms with van der Waals surface area (Å²) in [5, 5.41) is 13.6. The molecule has 0 spiro atoms. The van der Waals surface area contributed by atoms with Gasteiger partial charge in [-0.3, -0.25) is 14.9 Å². The molecule has 2 aromatic rings. The molecule has 0 aliphatic rings. The Labute approximate surface area is 167 Å². The van der Waals surface area contributed by atoms with Gasteiger partial charge in [0.05, 0.1) is 28.8 Å². The van der Waals surface area contributed by atoms with Crippen molar-refractivity contribution in [1.82, 2.24) is 0 Å². The topological polar surface area (TPSA) is 125 Å². The molecule has 0 unspecified atom stereocenters. The number of nitro groups is 1. The SMILES string of the molecule is COC(=O)c1cc(C(=O)OCC(=O)Nc2ccc(C)cc2Br)cc([N+](=O)[O-])c1. The van der Waals surface area contributed by atoms with E-state index in [1.165, 1.54) is 0 Å². The van der Waals surface area contributed by atoms with Crippen LogP contribution in [0.1, 0.15) is 26.3 Å². The first-order valence-electron chi connectivity index (χ1n) is 7.82. The predicted molar refractivity (Wildman–Crippen MR) is 102 cm³/mol. The lowest BCUT2D eigenvalue weighted by Gasteiger charge is -2.09. The van der Waals surface area contributed by atoms with Gasteiger partial charge in [-0.1, -0.05) is 6.07 Å². The van der Waals surface area contributed by atoms with Crippen LogP contribution in [0.25, 0.3) is 0 Å². The zero-order valence-corrected chi connectivity index (χ0v) is 16.4. The van der Waals surface area contributed by atoms with Gasteiger partial charge in [0.25, 0.3) is 11.6 Å². The highest BCUT2D eigenvalue weighted by Gasteiger charge is 2.20. The van der Waals surface area contributed by atoms with Crippen LogP contribution >= 0.6 is 15.9 Å². The van der Waals surface area contributed by atoms with Crippen molar-refractivity contribution in [3.63, 3.8) is 0 Å². The molecule has 28 heavy (non-hydrogen) atoms. The Bertz CT molecular complexity index is 959. The minimum Gasteiger partial charge on any atom is -0.465 e. The number of amides is 1. The molecule has 10 heteroatoms. The number of nitro benzene ring substituents is 1. The smallest absolute Gasteiger partial charge is 0.338 e. The maximum Gasteiger partial charge on any atom is 0.338 e. The summed E-state index contributed by atoms with van der Waals surface area (Å²) in [6, 6.07) is 8.30. The van der Waals surface area contributed by atoms with Gasteiger partial charge in [-0.25, -0.2) is 9.59 Å². The zero-order valence-electron chi connectivity index (χ0n) is 14.9. The van der Waals surface area contributed by atoms with Gasteiger partial charge >= 0.3 is 11.9 Å². The number of non-ortho nitro benzene ring substituents is 1. The summed E-state index contributed by atoms with van der Waals surface area (Å²) >= 11 is 3.31. The molecule has 1 N–H and O–H groups in total. The van der Waals surface area contributed by atoms with E-state index < -0.39 is 35.1 Å². The predicted octanol–water partition coefficient (Wildman–Crippen LogP) is 3.25. The molecule has 0 aliphatic heterocycles. The van der Waals surface area contributed by atoms with Crippen molar-refractivity contribution in [3.05, 3.63) is 67.7 Å². The van der Waals surface area contributed by atoms with Crippen LogP contribution in [0.4, 0.5) is 11.4 Å². The van der Waals surface area contributed by atoms with Gasteiger partial charge in [-0.15, -0.1) is 0 Å². The first kappa shape index (κ1) is 21.0. The van der Waals surface area contributed by atoms with Crippen molar-refractivity contribution in [2.45, 2.75) is 6.92 Å². The lowest BCUT2D eigenvalue weighted by Crippen LogP contribution is -2.21. The van der Waals surface area contributed by atoms with Gasteiger partial charge in [0, 0.05) is 16.6 Å². The fourth-order valence-corrected chi connectivity index (χ4v) is 2.78. The second kappa shape index (κ2) is 9.09. The summed E-state index contributed by atoms with van der Waals surface area (Å²) in [4.78, 5) is 46.0. The molecule has 0 aliphatic carbocycles. The summed E-state index contributed by atoms with van der Waals surface area (Å²) in [5.41, 5.74) is 0.567. The Hall–Kier alpha value is -3.27. The molecule has 0 radical (unpaired) electrons. The Balaban J connectivity index is 2.09. The Morgan fingerprint density at radius 3 is 2.32 bits per heavy atom. The number of hydrogen-bond acceptors (Lipinski definition) is 7. The largest absolute Gasteiger partial charge is 0.465 e. The molecule has 1 amide bonds. The summed E-state index contributed by atoms with van der Waals surface area (Å²) in [6.45, 7) is 1.27. The molecule has 9 nitrogen and oxygen atoms in total. The number of ether oxygens (including phenoxy) is 2. The van der Waals surface area contributed by atoms with E-state index in [4.69, 9.17) is 4.74 Å². The number of nitrogens with zero attached hydrogens (tertiary/aromatic N) is 1. The number of anilines is 1. The second-order valence-corrected chi connectivity index (χ2v) is 6.48. The second-order valence-electron chi connectivity index (χ2n) is 5.62. The van der Waals surface area contributed by atoms with Crippen molar-refractivity contribution < 1.29 is 28.8 Å². The van der Waals surface area contributed by atoms with Crippen LogP contribution in [0, 0.1) is 17.0 Å². The van der Waals surface area contributed by atoms with Gasteiger partial charge in [0.15, 0.2) is 6.61 Å². The molecular weight excluding hydrogens is 436 g/mol. The van der Waals surface area contributed by atoms with Crippen LogP contribution in [-0.4, -0.2) is 36.5 Å². The molecule has 146 valence electrons. The number of nitrogens with one attached hydrogen (secondary N) is 1. The molecule has 0 saturated heterocycles. The zero-order chi connectivity index (χ0) is 20.8. The van der Waals surface area contributed by atoms with Gasteiger partial charge < -0.3 is 14.8 Å². The molecule has 0 fully saturated rings. The minimum atomic E-state index is -0.994. The van der Waals surface area contributed by atoms with Gasteiger partial charge in [-0.05, 0) is 46.6 Å². The number of esters is 2. The molecule has 2 aromatic carbocycles. The average molecular weight is 451 g/mol. The van der Waals surface area contributed by atoms with E-state index in [0.717, 1.165) is 30.9 Å². The van der Waals surface area contributed by atoms with Crippen molar-refractivity contribution >= 4 is 45.2 Å². The fraction of sp³-hybridized carbons (Fsp3) is 0.167. The molecule has 0 atom stereocenters. The summed E-state index contributed by atoms with van der Waals surface area (Å²) in [5.74, 6) is -2.44. The third-order valence-corrected chi connectivity index (χ3v) is 4.17. The number of halogens is 1. The normalized spacial score (nSPS) is 10.1. The van der Waals surface area contributed by atoms with Gasteiger partial charge in [0.2, 0.25) is 0 Å². The lowest BCUT2D eigenvalue weighted by molar-refractivity contribution is -0.384. The fourth-order valence-electron chi connectivity index (χ4n) is 2.19.